The molecule has 144 valence electrons. The van der Waals surface area contributed by atoms with Crippen LogP contribution in [-0.4, -0.2) is 38.4 Å². The van der Waals surface area contributed by atoms with Gasteiger partial charge in [-0.15, -0.1) is 0 Å². The van der Waals surface area contributed by atoms with Crippen molar-refractivity contribution in [2.24, 2.45) is 0 Å². The highest BCUT2D eigenvalue weighted by atomic mass is 32.2. The molecule has 1 fully saturated rings. The Balaban J connectivity index is 1.60. The second-order valence-corrected chi connectivity index (χ2v) is 8.68. The fourth-order valence-electron chi connectivity index (χ4n) is 3.11. The predicted molar refractivity (Wildman–Crippen MR) is 102 cm³/mol. The van der Waals surface area contributed by atoms with E-state index in [-0.39, 0.29) is 16.8 Å². The zero-order valence-electron chi connectivity index (χ0n) is 15.4. The van der Waals surface area contributed by atoms with Crippen molar-refractivity contribution < 1.29 is 17.6 Å². The highest BCUT2D eigenvalue weighted by molar-refractivity contribution is 7.89. The lowest BCUT2D eigenvalue weighted by atomic mass is 10.0. The predicted octanol–water partition coefficient (Wildman–Crippen LogP) is 3.03. The molecule has 0 atom stereocenters. The molecule has 0 saturated carbocycles. The normalized spacial score (nSPS) is 15.7. The summed E-state index contributed by atoms with van der Waals surface area (Å²) in [6.45, 7) is 4.40. The van der Waals surface area contributed by atoms with Gasteiger partial charge in [-0.1, -0.05) is 23.8 Å². The summed E-state index contributed by atoms with van der Waals surface area (Å²) in [6.07, 6.45) is 1.04. The summed E-state index contributed by atoms with van der Waals surface area (Å²) < 4.78 is 41.4. The van der Waals surface area contributed by atoms with Crippen molar-refractivity contribution in [2.75, 3.05) is 13.1 Å². The highest BCUT2D eigenvalue weighted by Gasteiger charge is 2.27. The second kappa shape index (κ2) is 7.78. The Morgan fingerprint density at radius 2 is 1.70 bits per heavy atom. The number of piperidine rings is 1. The van der Waals surface area contributed by atoms with Gasteiger partial charge in [-0.2, -0.15) is 0 Å². The number of amides is 1. The number of likely N-dealkylation sites (tertiary alicyclic amines) is 1. The molecule has 27 heavy (non-hydrogen) atoms. The minimum atomic E-state index is -3.58. The first-order valence-electron chi connectivity index (χ1n) is 8.91. The standard InChI is InChI=1S/C20H23FN2O3S/c1-14-3-7-18(8-4-14)27(25,26)22-17-9-11-23(12-10-17)20(24)16-6-5-15(2)19(21)13-16/h3-8,13,17,22H,9-12H2,1-2H3. The molecule has 0 aromatic heterocycles. The fraction of sp³-hybridized carbons (Fsp3) is 0.350. The Morgan fingerprint density at radius 1 is 1.07 bits per heavy atom. The molecular formula is C20H23FN2O3S. The van der Waals surface area contributed by atoms with E-state index in [0.717, 1.165) is 5.56 Å². The number of sulfonamides is 1. The summed E-state index contributed by atoms with van der Waals surface area (Å²) in [5.74, 6) is -0.629. The van der Waals surface area contributed by atoms with Gasteiger partial charge < -0.3 is 4.90 Å². The number of aryl methyl sites for hydroxylation is 2. The van der Waals surface area contributed by atoms with Crippen molar-refractivity contribution in [3.8, 4) is 0 Å². The SMILES string of the molecule is Cc1ccc(S(=O)(=O)NC2CCN(C(=O)c3ccc(C)c(F)c3)CC2)cc1. The molecule has 1 N–H and O–H groups in total. The van der Waals surface area contributed by atoms with Gasteiger partial charge in [-0.3, -0.25) is 4.79 Å². The topological polar surface area (TPSA) is 66.5 Å². The average Bonchev–Trinajstić information content (AvgIpc) is 2.64. The third-order valence-corrected chi connectivity index (χ3v) is 6.39. The molecule has 1 aliphatic rings. The smallest absolute Gasteiger partial charge is 0.253 e. The van der Waals surface area contributed by atoms with Gasteiger partial charge in [-0.05, 0) is 56.5 Å². The molecule has 0 unspecified atom stereocenters. The third-order valence-electron chi connectivity index (χ3n) is 4.85. The van der Waals surface area contributed by atoms with Gasteiger partial charge >= 0.3 is 0 Å². The minimum absolute atomic E-state index is 0.227. The number of benzene rings is 2. The van der Waals surface area contributed by atoms with Gasteiger partial charge in [-0.25, -0.2) is 17.5 Å². The van der Waals surface area contributed by atoms with E-state index in [1.807, 2.05) is 6.92 Å². The Hall–Kier alpha value is -2.25. The number of nitrogens with zero attached hydrogens (tertiary/aromatic N) is 1. The Bertz CT molecular complexity index is 934. The molecule has 0 spiro atoms. The van der Waals surface area contributed by atoms with Crippen LogP contribution in [0.3, 0.4) is 0 Å². The molecule has 0 aliphatic carbocycles. The van der Waals surface area contributed by atoms with E-state index in [1.165, 1.54) is 6.07 Å². The minimum Gasteiger partial charge on any atom is -0.339 e. The number of carbonyl (C=O) groups excluding carboxylic acids is 1. The van der Waals surface area contributed by atoms with Crippen LogP contribution in [0, 0.1) is 19.7 Å². The number of rotatable bonds is 4. The molecule has 7 heteroatoms. The largest absolute Gasteiger partial charge is 0.339 e. The summed E-state index contributed by atoms with van der Waals surface area (Å²) in [7, 11) is -3.58. The van der Waals surface area contributed by atoms with Gasteiger partial charge in [0.25, 0.3) is 5.91 Å². The molecule has 5 nitrogen and oxygen atoms in total. The van der Waals surface area contributed by atoms with Gasteiger partial charge in [0.2, 0.25) is 10.0 Å². The van der Waals surface area contributed by atoms with E-state index in [0.29, 0.717) is 37.1 Å². The summed E-state index contributed by atoms with van der Waals surface area (Å²) in [5.41, 5.74) is 1.81. The van der Waals surface area contributed by atoms with E-state index in [1.54, 1.807) is 48.2 Å². The molecule has 1 saturated heterocycles. The number of halogens is 1. The zero-order valence-corrected chi connectivity index (χ0v) is 16.2. The van der Waals surface area contributed by atoms with Crippen LogP contribution in [0.2, 0.25) is 0 Å². The maximum Gasteiger partial charge on any atom is 0.253 e. The maximum atomic E-state index is 13.7. The van der Waals surface area contributed by atoms with Crippen LogP contribution in [0.1, 0.15) is 34.3 Å². The van der Waals surface area contributed by atoms with E-state index >= 15 is 0 Å². The lowest BCUT2D eigenvalue weighted by molar-refractivity contribution is 0.0711. The molecular weight excluding hydrogens is 367 g/mol. The van der Waals surface area contributed by atoms with Crippen LogP contribution in [0.15, 0.2) is 47.4 Å². The highest BCUT2D eigenvalue weighted by Crippen LogP contribution is 2.18. The van der Waals surface area contributed by atoms with Crippen LogP contribution >= 0.6 is 0 Å². The van der Waals surface area contributed by atoms with Gasteiger partial charge in [0.15, 0.2) is 0 Å². The Labute approximate surface area is 159 Å². The molecule has 1 amide bonds. The monoisotopic (exact) mass is 390 g/mol. The molecule has 2 aromatic rings. The zero-order chi connectivity index (χ0) is 19.6. The number of hydrogen-bond donors (Lipinski definition) is 1. The average molecular weight is 390 g/mol. The van der Waals surface area contributed by atoms with Crippen molar-refractivity contribution in [2.45, 2.75) is 37.6 Å². The molecule has 0 bridgehead atoms. The van der Waals surface area contributed by atoms with Crippen LogP contribution in [0.5, 0.6) is 0 Å². The summed E-state index contributed by atoms with van der Waals surface area (Å²) in [4.78, 5) is 14.4. The number of nitrogens with one attached hydrogen (secondary N) is 1. The number of hydrogen-bond acceptors (Lipinski definition) is 3. The van der Waals surface area contributed by atoms with Crippen molar-refractivity contribution >= 4 is 15.9 Å². The maximum absolute atomic E-state index is 13.7. The Kier molecular flexibility index (Phi) is 5.62. The first kappa shape index (κ1) is 19.5. The van der Waals surface area contributed by atoms with Crippen LogP contribution < -0.4 is 4.72 Å². The number of carbonyl (C=O) groups is 1. The van der Waals surface area contributed by atoms with E-state index in [9.17, 15) is 17.6 Å². The molecule has 1 aliphatic heterocycles. The van der Waals surface area contributed by atoms with Gasteiger partial charge in [0.05, 0.1) is 4.90 Å². The van der Waals surface area contributed by atoms with Crippen molar-refractivity contribution in [3.63, 3.8) is 0 Å². The lowest BCUT2D eigenvalue weighted by Crippen LogP contribution is -2.46. The molecule has 1 heterocycles. The summed E-state index contributed by atoms with van der Waals surface area (Å²) >= 11 is 0. The van der Waals surface area contributed by atoms with Crippen molar-refractivity contribution in [3.05, 3.63) is 65.0 Å². The van der Waals surface area contributed by atoms with E-state index in [4.69, 9.17) is 0 Å². The second-order valence-electron chi connectivity index (χ2n) is 6.96. The first-order chi connectivity index (χ1) is 12.8. The molecule has 2 aromatic carbocycles. The fourth-order valence-corrected chi connectivity index (χ4v) is 4.42. The van der Waals surface area contributed by atoms with E-state index in [2.05, 4.69) is 4.72 Å². The first-order valence-corrected chi connectivity index (χ1v) is 10.4. The van der Waals surface area contributed by atoms with Crippen LogP contribution in [-0.2, 0) is 10.0 Å². The van der Waals surface area contributed by atoms with Crippen LogP contribution in [0.25, 0.3) is 0 Å². The van der Waals surface area contributed by atoms with Crippen LogP contribution in [0.4, 0.5) is 4.39 Å². The molecule has 0 radical (unpaired) electrons. The van der Waals surface area contributed by atoms with E-state index < -0.39 is 15.8 Å². The Morgan fingerprint density at radius 3 is 2.30 bits per heavy atom. The van der Waals surface area contributed by atoms with Gasteiger partial charge in [0.1, 0.15) is 5.82 Å². The van der Waals surface area contributed by atoms with Crippen molar-refractivity contribution in [1.29, 1.82) is 0 Å². The van der Waals surface area contributed by atoms with Crippen molar-refractivity contribution in [1.82, 2.24) is 9.62 Å². The summed E-state index contributed by atoms with van der Waals surface area (Å²) in [5, 5.41) is 0. The quantitative estimate of drug-likeness (QED) is 0.873. The third kappa shape index (κ3) is 4.54. The lowest BCUT2D eigenvalue weighted by Gasteiger charge is -2.32. The summed E-state index contributed by atoms with van der Waals surface area (Å²) in [6, 6.07) is 10.9. The molecule has 3 rings (SSSR count). The van der Waals surface area contributed by atoms with Gasteiger partial charge in [0, 0.05) is 24.7 Å².